The number of rotatable bonds is 5. The van der Waals surface area contributed by atoms with Crippen molar-refractivity contribution < 1.29 is 10.2 Å². The highest BCUT2D eigenvalue weighted by Crippen LogP contribution is 2.59. The van der Waals surface area contributed by atoms with Gasteiger partial charge in [-0.1, -0.05) is 71.1 Å². The summed E-state index contributed by atoms with van der Waals surface area (Å²) in [6, 6.07) is 0. The minimum absolute atomic E-state index is 0.385. The van der Waals surface area contributed by atoms with Crippen molar-refractivity contribution in [3.05, 3.63) is 47.6 Å². The first kappa shape index (κ1) is 23.5. The fourth-order valence-electron chi connectivity index (χ4n) is 6.32. The molecule has 0 aliphatic heterocycles. The lowest BCUT2D eigenvalue weighted by Gasteiger charge is -2.44. The Morgan fingerprint density at radius 2 is 1.80 bits per heavy atom. The first-order valence-electron chi connectivity index (χ1n) is 12.3. The molecule has 0 spiro atoms. The van der Waals surface area contributed by atoms with E-state index in [1.807, 2.05) is 0 Å². The van der Waals surface area contributed by atoms with Crippen molar-refractivity contribution in [2.75, 3.05) is 0 Å². The molecule has 0 aromatic rings. The van der Waals surface area contributed by atoms with Crippen molar-refractivity contribution >= 4 is 0 Å². The maximum Gasteiger partial charge on any atom is 0.0811 e. The van der Waals surface area contributed by atoms with E-state index in [4.69, 9.17) is 0 Å². The number of aliphatic hydroxyl groups excluding tert-OH is 2. The van der Waals surface area contributed by atoms with Crippen molar-refractivity contribution in [3.63, 3.8) is 0 Å². The summed E-state index contributed by atoms with van der Waals surface area (Å²) in [6.45, 7) is 16.0. The van der Waals surface area contributed by atoms with Crippen molar-refractivity contribution in [2.24, 2.45) is 35.0 Å². The van der Waals surface area contributed by atoms with Crippen LogP contribution in [-0.2, 0) is 0 Å². The van der Waals surface area contributed by atoms with Gasteiger partial charge in [0.15, 0.2) is 0 Å². The molecule has 3 aliphatic rings. The van der Waals surface area contributed by atoms with Crippen LogP contribution in [0.1, 0.15) is 79.6 Å². The molecular formula is C28H44O2. The van der Waals surface area contributed by atoms with Gasteiger partial charge in [0.2, 0.25) is 0 Å². The van der Waals surface area contributed by atoms with Crippen molar-refractivity contribution in [1.82, 2.24) is 0 Å². The van der Waals surface area contributed by atoms with Crippen LogP contribution in [-0.4, -0.2) is 22.4 Å². The molecule has 0 bridgehead atoms. The van der Waals surface area contributed by atoms with E-state index >= 15 is 0 Å². The van der Waals surface area contributed by atoms with E-state index in [2.05, 4.69) is 65.5 Å². The van der Waals surface area contributed by atoms with Crippen molar-refractivity contribution in [2.45, 2.75) is 91.8 Å². The second-order valence-electron chi connectivity index (χ2n) is 11.0. The quantitative estimate of drug-likeness (QED) is 0.499. The normalized spacial score (nSPS) is 39.8. The third kappa shape index (κ3) is 4.86. The van der Waals surface area contributed by atoms with E-state index in [9.17, 15) is 10.2 Å². The number of aliphatic hydroxyl groups is 2. The Morgan fingerprint density at radius 3 is 2.50 bits per heavy atom. The van der Waals surface area contributed by atoms with Crippen LogP contribution in [0.15, 0.2) is 47.6 Å². The van der Waals surface area contributed by atoms with Gasteiger partial charge in [-0.3, -0.25) is 0 Å². The Bertz CT molecular complexity index is 712. The summed E-state index contributed by atoms with van der Waals surface area (Å²) in [4.78, 5) is 0. The second kappa shape index (κ2) is 9.57. The van der Waals surface area contributed by atoms with Crippen LogP contribution in [0.2, 0.25) is 0 Å². The number of hydrogen-bond donors (Lipinski definition) is 2. The van der Waals surface area contributed by atoms with Crippen molar-refractivity contribution in [1.29, 1.82) is 0 Å². The fourth-order valence-corrected chi connectivity index (χ4v) is 6.32. The molecule has 3 fully saturated rings. The van der Waals surface area contributed by atoms with E-state index in [-0.39, 0.29) is 0 Å². The van der Waals surface area contributed by atoms with E-state index in [0.29, 0.717) is 41.9 Å². The predicted molar refractivity (Wildman–Crippen MR) is 127 cm³/mol. The first-order valence-corrected chi connectivity index (χ1v) is 12.3. The zero-order valence-electron chi connectivity index (χ0n) is 19.9. The molecule has 0 aromatic heterocycles. The Labute approximate surface area is 184 Å². The van der Waals surface area contributed by atoms with Gasteiger partial charge in [0.1, 0.15) is 0 Å². The molecule has 2 heteroatoms. The molecule has 2 N–H and O–H groups in total. The van der Waals surface area contributed by atoms with Crippen molar-refractivity contribution in [3.8, 4) is 0 Å². The molecule has 0 heterocycles. The van der Waals surface area contributed by atoms with Crippen LogP contribution in [0, 0.1) is 35.0 Å². The van der Waals surface area contributed by atoms with E-state index < -0.39 is 12.2 Å². The summed E-state index contributed by atoms with van der Waals surface area (Å²) in [5, 5.41) is 20.2. The van der Waals surface area contributed by atoms with Crippen LogP contribution in [0.4, 0.5) is 0 Å². The molecule has 0 unspecified atom stereocenters. The van der Waals surface area contributed by atoms with Gasteiger partial charge in [0.05, 0.1) is 12.2 Å². The average Bonchev–Trinajstić information content (AvgIpc) is 3.04. The Morgan fingerprint density at radius 1 is 1.07 bits per heavy atom. The molecule has 3 saturated carbocycles. The van der Waals surface area contributed by atoms with Gasteiger partial charge in [-0.15, -0.1) is 0 Å². The van der Waals surface area contributed by atoms with E-state index in [0.717, 1.165) is 17.1 Å². The summed E-state index contributed by atoms with van der Waals surface area (Å²) in [7, 11) is 0. The summed E-state index contributed by atoms with van der Waals surface area (Å²) in [5.74, 6) is 3.38. The van der Waals surface area contributed by atoms with Gasteiger partial charge in [-0.2, -0.15) is 0 Å². The molecule has 0 saturated heterocycles. The highest BCUT2D eigenvalue weighted by molar-refractivity contribution is 5.38. The molecular weight excluding hydrogens is 368 g/mol. The molecule has 30 heavy (non-hydrogen) atoms. The Hall–Kier alpha value is -1.12. The van der Waals surface area contributed by atoms with Crippen LogP contribution in [0.25, 0.3) is 0 Å². The second-order valence-corrected chi connectivity index (χ2v) is 11.0. The zero-order chi connectivity index (χ0) is 22.1. The molecule has 3 aliphatic carbocycles. The fraction of sp³-hybridized carbons (Fsp3) is 0.714. The van der Waals surface area contributed by atoms with Gasteiger partial charge in [0, 0.05) is 6.42 Å². The largest absolute Gasteiger partial charge is 0.393 e. The zero-order valence-corrected chi connectivity index (χ0v) is 19.9. The topological polar surface area (TPSA) is 40.5 Å². The molecule has 0 amide bonds. The summed E-state index contributed by atoms with van der Waals surface area (Å²) in [6.07, 6.45) is 15.8. The van der Waals surface area contributed by atoms with Crippen LogP contribution < -0.4 is 0 Å². The third-order valence-electron chi connectivity index (χ3n) is 8.71. The SMILES string of the molecule is C=C1C(=CC=C2CCC[C@]3(C)[C@@H]([C@H](C)C=C[C@@H](C)C(C)C)CC[C@@H]23)C[C@@H](O)C[C@@H]1O. The highest BCUT2D eigenvalue weighted by atomic mass is 16.3. The van der Waals surface area contributed by atoms with Gasteiger partial charge < -0.3 is 10.2 Å². The monoisotopic (exact) mass is 412 g/mol. The number of allylic oxidation sites excluding steroid dienone is 5. The first-order chi connectivity index (χ1) is 14.1. The van der Waals surface area contributed by atoms with Gasteiger partial charge in [-0.05, 0) is 84.7 Å². The minimum atomic E-state index is -0.605. The van der Waals surface area contributed by atoms with Crippen LogP contribution in [0.5, 0.6) is 0 Å². The summed E-state index contributed by atoms with van der Waals surface area (Å²) < 4.78 is 0. The lowest BCUT2D eigenvalue weighted by Crippen LogP contribution is -2.35. The summed E-state index contributed by atoms with van der Waals surface area (Å²) >= 11 is 0. The summed E-state index contributed by atoms with van der Waals surface area (Å²) in [5.41, 5.74) is 3.77. The molecule has 3 rings (SSSR count). The molecule has 0 aromatic carbocycles. The standard InChI is InChI=1S/C28H44O2/c1-18(2)19(3)9-10-20(4)25-13-14-26-22(8-7-15-28(25,26)6)11-12-23-16-24(29)17-27(30)21(23)5/h9-12,18-20,24-27,29-30H,5,7-8,13-17H2,1-4,6H3/t19-,20-,24-,25-,26+,27+,28-/m1/s1. The molecule has 0 radical (unpaired) electrons. The van der Waals surface area contributed by atoms with Crippen LogP contribution >= 0.6 is 0 Å². The van der Waals surface area contributed by atoms with E-state index in [1.165, 1.54) is 32.1 Å². The molecule has 7 atom stereocenters. The van der Waals surface area contributed by atoms with Gasteiger partial charge in [0.25, 0.3) is 0 Å². The average molecular weight is 413 g/mol. The highest BCUT2D eigenvalue weighted by Gasteiger charge is 2.50. The molecule has 168 valence electrons. The predicted octanol–water partition coefficient (Wildman–Crippen LogP) is 6.61. The maximum atomic E-state index is 10.1. The van der Waals surface area contributed by atoms with Gasteiger partial charge in [-0.25, -0.2) is 0 Å². The smallest absolute Gasteiger partial charge is 0.0811 e. The molecule has 2 nitrogen and oxygen atoms in total. The minimum Gasteiger partial charge on any atom is -0.393 e. The lowest BCUT2D eigenvalue weighted by molar-refractivity contribution is 0.0862. The lowest BCUT2D eigenvalue weighted by atomic mass is 9.61. The Kier molecular flexibility index (Phi) is 7.51. The number of fused-ring (bicyclic) bond motifs is 1. The van der Waals surface area contributed by atoms with E-state index in [1.54, 1.807) is 5.57 Å². The van der Waals surface area contributed by atoms with Crippen LogP contribution in [0.3, 0.4) is 0 Å². The third-order valence-corrected chi connectivity index (χ3v) is 8.71. The maximum absolute atomic E-state index is 10.1. The van der Waals surface area contributed by atoms with Gasteiger partial charge >= 0.3 is 0 Å². The Balaban J connectivity index is 1.76. The number of hydrogen-bond acceptors (Lipinski definition) is 2.